The molecule has 0 spiro atoms. The van der Waals surface area contributed by atoms with Crippen molar-refractivity contribution < 1.29 is 9.47 Å². The van der Waals surface area contributed by atoms with Crippen LogP contribution >= 0.6 is 119 Å². The maximum absolute atomic E-state index is 6.28. The quantitative estimate of drug-likeness (QED) is 0.158. The first-order chi connectivity index (χ1) is 12.2. The van der Waals surface area contributed by atoms with Gasteiger partial charge in [-0.25, -0.2) is 0 Å². The molecule has 0 fully saturated rings. The predicted octanol–water partition coefficient (Wildman–Crippen LogP) is 9.81. The maximum atomic E-state index is 6.28. The number of hydrogen-bond donors (Lipinski definition) is 0. The highest BCUT2D eigenvalue weighted by molar-refractivity contribution is 9.15. The van der Waals surface area contributed by atoms with Gasteiger partial charge in [0.1, 0.15) is 11.5 Å². The van der Waals surface area contributed by atoms with Gasteiger partial charge in [-0.3, -0.25) is 0 Å². The molecule has 0 aliphatic rings. The molecule has 2 rings (SSSR count). The summed E-state index contributed by atoms with van der Waals surface area (Å²) in [5.74, 6) is 1.25. The molecule has 0 saturated carbocycles. The first-order valence-corrected chi connectivity index (χ1v) is 12.7. The van der Waals surface area contributed by atoms with Crippen LogP contribution in [0.25, 0.3) is 0 Å². The largest absolute Gasteiger partial charge is 0.492 e. The Labute approximate surface area is 212 Å². The molecular formula is C16H10Br6Cl2O2. The highest BCUT2D eigenvalue weighted by Crippen LogP contribution is 2.43. The van der Waals surface area contributed by atoms with Gasteiger partial charge in [0.05, 0.1) is 32.2 Å². The SMILES string of the molecule is Clc1c(OCCCCOc2cc(Br)c(Br)c(Br)c2Cl)cc(Br)c(Br)c1Br. The average Bonchev–Trinajstić information content (AvgIpc) is 2.62. The van der Waals surface area contributed by atoms with Crippen LogP contribution in [0.1, 0.15) is 12.8 Å². The summed E-state index contributed by atoms with van der Waals surface area (Å²) < 4.78 is 16.5. The van der Waals surface area contributed by atoms with E-state index in [9.17, 15) is 0 Å². The highest BCUT2D eigenvalue weighted by Gasteiger charge is 2.14. The molecule has 0 aliphatic heterocycles. The van der Waals surface area contributed by atoms with Gasteiger partial charge in [-0.05, 0) is 121 Å². The van der Waals surface area contributed by atoms with E-state index in [0.717, 1.165) is 39.7 Å². The zero-order valence-electron chi connectivity index (χ0n) is 12.8. The summed E-state index contributed by atoms with van der Waals surface area (Å²) in [6.07, 6.45) is 1.64. The number of rotatable bonds is 7. The smallest absolute Gasteiger partial charge is 0.140 e. The fourth-order valence-electron chi connectivity index (χ4n) is 1.88. The third kappa shape index (κ3) is 6.00. The van der Waals surface area contributed by atoms with Crippen LogP contribution in [-0.4, -0.2) is 13.2 Å². The van der Waals surface area contributed by atoms with Crippen molar-refractivity contribution in [3.8, 4) is 11.5 Å². The molecule has 142 valence electrons. The number of halogens is 8. The summed E-state index contributed by atoms with van der Waals surface area (Å²) >= 11 is 33.2. The van der Waals surface area contributed by atoms with Crippen molar-refractivity contribution in [2.75, 3.05) is 13.2 Å². The second kappa shape index (κ2) is 11.0. The van der Waals surface area contributed by atoms with E-state index in [0.29, 0.717) is 34.8 Å². The first-order valence-electron chi connectivity index (χ1n) is 7.15. The molecule has 0 bridgehead atoms. The van der Waals surface area contributed by atoms with E-state index >= 15 is 0 Å². The van der Waals surface area contributed by atoms with Gasteiger partial charge in [-0.1, -0.05) is 23.2 Å². The minimum atomic E-state index is 0.533. The molecule has 0 unspecified atom stereocenters. The van der Waals surface area contributed by atoms with Crippen molar-refractivity contribution in [2.24, 2.45) is 0 Å². The molecule has 0 heterocycles. The van der Waals surface area contributed by atoms with E-state index in [4.69, 9.17) is 32.7 Å². The van der Waals surface area contributed by atoms with Crippen LogP contribution in [0.5, 0.6) is 11.5 Å². The van der Waals surface area contributed by atoms with Crippen molar-refractivity contribution in [1.29, 1.82) is 0 Å². The summed E-state index contributed by atoms with van der Waals surface area (Å²) in [6, 6.07) is 3.68. The Bertz CT molecular complexity index is 749. The Morgan fingerprint density at radius 3 is 1.31 bits per heavy atom. The van der Waals surface area contributed by atoms with E-state index in [2.05, 4.69) is 95.6 Å². The lowest BCUT2D eigenvalue weighted by Crippen LogP contribution is -2.03. The van der Waals surface area contributed by atoms with E-state index in [1.165, 1.54) is 0 Å². The van der Waals surface area contributed by atoms with Gasteiger partial charge in [-0.15, -0.1) is 0 Å². The predicted molar refractivity (Wildman–Crippen MR) is 129 cm³/mol. The van der Waals surface area contributed by atoms with Crippen LogP contribution in [-0.2, 0) is 0 Å². The molecule has 0 saturated heterocycles. The van der Waals surface area contributed by atoms with Gasteiger partial charge in [-0.2, -0.15) is 0 Å². The summed E-state index contributed by atoms with van der Waals surface area (Å²) in [5.41, 5.74) is 0. The van der Waals surface area contributed by atoms with Gasteiger partial charge < -0.3 is 9.47 Å². The fraction of sp³-hybridized carbons (Fsp3) is 0.250. The number of unbranched alkanes of at least 4 members (excludes halogenated alkanes) is 1. The van der Waals surface area contributed by atoms with Crippen LogP contribution in [0.2, 0.25) is 10.0 Å². The highest BCUT2D eigenvalue weighted by atomic mass is 79.9. The Morgan fingerprint density at radius 1 is 0.615 bits per heavy atom. The minimum Gasteiger partial charge on any atom is -0.492 e. The van der Waals surface area contributed by atoms with Crippen LogP contribution in [0.3, 0.4) is 0 Å². The molecule has 2 aromatic carbocycles. The van der Waals surface area contributed by atoms with Gasteiger partial charge in [0, 0.05) is 17.9 Å². The first kappa shape index (κ1) is 23.8. The molecule has 10 heteroatoms. The third-order valence-electron chi connectivity index (χ3n) is 3.19. The lowest BCUT2D eigenvalue weighted by molar-refractivity contribution is 0.266. The van der Waals surface area contributed by atoms with Crippen molar-refractivity contribution >= 4 is 119 Å². The fourth-order valence-corrected chi connectivity index (χ4v) is 5.30. The number of hydrogen-bond acceptors (Lipinski definition) is 2. The van der Waals surface area contributed by atoms with Crippen LogP contribution < -0.4 is 9.47 Å². The van der Waals surface area contributed by atoms with Gasteiger partial charge in [0.2, 0.25) is 0 Å². The summed E-state index contributed by atoms with van der Waals surface area (Å²) in [5, 5.41) is 1.07. The topological polar surface area (TPSA) is 18.5 Å². The summed E-state index contributed by atoms with van der Waals surface area (Å²) in [4.78, 5) is 0. The molecular weight excluding hydrogens is 775 g/mol. The molecule has 0 atom stereocenters. The van der Waals surface area contributed by atoms with E-state index in [-0.39, 0.29) is 0 Å². The van der Waals surface area contributed by atoms with Crippen LogP contribution in [0.4, 0.5) is 0 Å². The van der Waals surface area contributed by atoms with Crippen LogP contribution in [0.15, 0.2) is 39.0 Å². The van der Waals surface area contributed by atoms with Gasteiger partial charge in [0.25, 0.3) is 0 Å². The van der Waals surface area contributed by atoms with E-state index < -0.39 is 0 Å². The monoisotopic (exact) mass is 778 g/mol. The normalized spacial score (nSPS) is 10.9. The third-order valence-corrected chi connectivity index (χ3v) is 11.0. The standard InChI is InChI=1S/C16H10Br6Cl2O2/c17-7-5-9(15(23)13(21)11(7)19)25-3-1-2-4-26-10-6-8(18)12(20)14(22)16(10)24/h5-6H,1-4H2. The second-order valence-corrected chi connectivity index (χ2v) is 10.6. The van der Waals surface area contributed by atoms with E-state index in [1.54, 1.807) is 0 Å². The zero-order valence-corrected chi connectivity index (χ0v) is 23.9. The Hall–Kier alpha value is 1.50. The summed E-state index contributed by atoms with van der Waals surface area (Å²) in [7, 11) is 0. The number of benzene rings is 2. The molecule has 0 radical (unpaired) electrons. The Balaban J connectivity index is 1.82. The van der Waals surface area contributed by atoms with E-state index in [1.807, 2.05) is 12.1 Å². The molecule has 2 aromatic rings. The summed E-state index contributed by atoms with van der Waals surface area (Å²) in [6.45, 7) is 1.07. The van der Waals surface area contributed by atoms with Crippen molar-refractivity contribution in [2.45, 2.75) is 12.8 Å². The van der Waals surface area contributed by atoms with Gasteiger partial charge >= 0.3 is 0 Å². The minimum absolute atomic E-state index is 0.533. The van der Waals surface area contributed by atoms with Crippen molar-refractivity contribution in [1.82, 2.24) is 0 Å². The van der Waals surface area contributed by atoms with Gasteiger partial charge in [0.15, 0.2) is 0 Å². The molecule has 0 aromatic heterocycles. The Morgan fingerprint density at radius 2 is 0.962 bits per heavy atom. The molecule has 0 amide bonds. The van der Waals surface area contributed by atoms with Crippen LogP contribution in [0, 0.1) is 0 Å². The molecule has 0 aliphatic carbocycles. The molecule has 0 N–H and O–H groups in total. The zero-order chi connectivity index (χ0) is 19.4. The van der Waals surface area contributed by atoms with Crippen molar-refractivity contribution in [3.05, 3.63) is 49.0 Å². The lowest BCUT2D eigenvalue weighted by Gasteiger charge is -2.13. The maximum Gasteiger partial charge on any atom is 0.140 e. The average molecular weight is 785 g/mol. The second-order valence-electron chi connectivity index (χ2n) is 5.00. The number of ether oxygens (including phenoxy) is 2. The molecule has 2 nitrogen and oxygen atoms in total. The lowest BCUT2D eigenvalue weighted by atomic mass is 10.3. The van der Waals surface area contributed by atoms with Crippen molar-refractivity contribution in [3.63, 3.8) is 0 Å². The Kier molecular flexibility index (Phi) is 10.1. The molecule has 26 heavy (non-hydrogen) atoms.